The number of benzene rings is 1. The lowest BCUT2D eigenvalue weighted by Crippen LogP contribution is -2.34. The highest BCUT2D eigenvalue weighted by Crippen LogP contribution is 2.21. The first-order valence-corrected chi connectivity index (χ1v) is 8.12. The Kier molecular flexibility index (Phi) is 6.17. The third-order valence-corrected chi connectivity index (χ3v) is 4.34. The summed E-state index contributed by atoms with van der Waals surface area (Å²) in [6, 6.07) is 11.1. The van der Waals surface area contributed by atoms with E-state index >= 15 is 0 Å². The normalized spacial score (nSPS) is 11.7. The van der Waals surface area contributed by atoms with Crippen LogP contribution >= 0.6 is 11.3 Å². The highest BCUT2D eigenvalue weighted by molar-refractivity contribution is 7.10. The van der Waals surface area contributed by atoms with E-state index in [2.05, 4.69) is 5.32 Å². The number of hydrogen-bond donors (Lipinski definition) is 2. The van der Waals surface area contributed by atoms with Crippen molar-refractivity contribution in [2.45, 2.75) is 12.8 Å². The number of hydrogen-bond acceptors (Lipinski definition) is 4. The summed E-state index contributed by atoms with van der Waals surface area (Å²) >= 11 is 1.51. The van der Waals surface area contributed by atoms with Crippen LogP contribution in [-0.2, 0) is 22.4 Å². The van der Waals surface area contributed by atoms with Crippen LogP contribution in [0.4, 0.5) is 0 Å². The topological polar surface area (TPSA) is 75.6 Å². The zero-order chi connectivity index (χ0) is 16.7. The molecule has 2 N–H and O–H groups in total. The molecule has 0 saturated carbocycles. The summed E-state index contributed by atoms with van der Waals surface area (Å²) in [6.45, 7) is 0.0948. The molecular formula is C17H19NO4S. The molecule has 2 aromatic rings. The predicted octanol–water partition coefficient (Wildman–Crippen LogP) is 2.36. The van der Waals surface area contributed by atoms with E-state index in [9.17, 15) is 14.7 Å². The maximum Gasteiger partial charge on any atom is 0.308 e. The Bertz CT molecular complexity index is 654. The van der Waals surface area contributed by atoms with Gasteiger partial charge in [-0.3, -0.25) is 9.59 Å². The molecule has 1 heterocycles. The number of amides is 1. The van der Waals surface area contributed by atoms with E-state index in [0.717, 1.165) is 10.4 Å². The summed E-state index contributed by atoms with van der Waals surface area (Å²) in [5, 5.41) is 14.0. The lowest BCUT2D eigenvalue weighted by Gasteiger charge is -2.15. The van der Waals surface area contributed by atoms with Gasteiger partial charge in [0.1, 0.15) is 5.75 Å². The van der Waals surface area contributed by atoms with E-state index in [1.54, 1.807) is 13.2 Å². The van der Waals surface area contributed by atoms with Crippen LogP contribution in [0.2, 0.25) is 0 Å². The van der Waals surface area contributed by atoms with E-state index < -0.39 is 11.9 Å². The molecule has 0 saturated heterocycles. The first-order valence-electron chi connectivity index (χ1n) is 7.24. The average Bonchev–Trinajstić information content (AvgIpc) is 3.04. The average molecular weight is 333 g/mol. The lowest BCUT2D eigenvalue weighted by atomic mass is 9.98. The molecule has 0 bridgehead atoms. The first-order chi connectivity index (χ1) is 11.1. The van der Waals surface area contributed by atoms with Gasteiger partial charge in [0.05, 0.1) is 19.4 Å². The second kappa shape index (κ2) is 8.33. The van der Waals surface area contributed by atoms with Crippen LogP contribution in [0.5, 0.6) is 5.75 Å². The number of carbonyl (C=O) groups is 2. The van der Waals surface area contributed by atoms with Gasteiger partial charge in [-0.2, -0.15) is 0 Å². The number of para-hydroxylation sites is 1. The molecule has 1 amide bonds. The van der Waals surface area contributed by atoms with Crippen molar-refractivity contribution in [3.63, 3.8) is 0 Å². The van der Waals surface area contributed by atoms with E-state index in [-0.39, 0.29) is 18.9 Å². The first kappa shape index (κ1) is 17.0. The van der Waals surface area contributed by atoms with Crippen molar-refractivity contribution in [3.8, 4) is 5.75 Å². The molecule has 2 rings (SSSR count). The van der Waals surface area contributed by atoms with E-state index in [1.165, 1.54) is 11.3 Å². The summed E-state index contributed by atoms with van der Waals surface area (Å²) < 4.78 is 5.24. The van der Waals surface area contributed by atoms with Crippen molar-refractivity contribution in [1.29, 1.82) is 0 Å². The molecule has 0 aliphatic rings. The van der Waals surface area contributed by atoms with Gasteiger partial charge >= 0.3 is 5.97 Å². The van der Waals surface area contributed by atoms with Crippen LogP contribution in [0.15, 0.2) is 41.8 Å². The molecule has 0 aliphatic carbocycles. The summed E-state index contributed by atoms with van der Waals surface area (Å²) in [5.74, 6) is -1.15. The molecule has 1 atom stereocenters. The fourth-order valence-electron chi connectivity index (χ4n) is 2.25. The third kappa shape index (κ3) is 5.10. The summed E-state index contributed by atoms with van der Waals surface area (Å²) in [7, 11) is 1.55. The van der Waals surface area contributed by atoms with Gasteiger partial charge in [0.15, 0.2) is 0 Å². The third-order valence-electron chi connectivity index (χ3n) is 3.47. The van der Waals surface area contributed by atoms with Gasteiger partial charge in [0.25, 0.3) is 0 Å². The second-order valence-electron chi connectivity index (χ2n) is 5.11. The molecule has 0 radical (unpaired) electrons. The van der Waals surface area contributed by atoms with Crippen LogP contribution in [0.25, 0.3) is 0 Å². The van der Waals surface area contributed by atoms with Crippen LogP contribution in [0.1, 0.15) is 10.4 Å². The van der Waals surface area contributed by atoms with Gasteiger partial charge in [-0.1, -0.05) is 24.3 Å². The fraction of sp³-hybridized carbons (Fsp3) is 0.294. The highest BCUT2D eigenvalue weighted by atomic mass is 32.1. The van der Waals surface area contributed by atoms with Gasteiger partial charge < -0.3 is 15.2 Å². The Morgan fingerprint density at radius 2 is 2.04 bits per heavy atom. The summed E-state index contributed by atoms with van der Waals surface area (Å²) in [5.41, 5.74) is 0.815. The zero-order valence-corrected chi connectivity index (χ0v) is 13.6. The minimum Gasteiger partial charge on any atom is -0.496 e. The largest absolute Gasteiger partial charge is 0.496 e. The summed E-state index contributed by atoms with van der Waals surface area (Å²) in [4.78, 5) is 24.3. The number of carboxylic acids is 1. The Hall–Kier alpha value is -2.34. The van der Waals surface area contributed by atoms with Crippen molar-refractivity contribution >= 4 is 23.2 Å². The monoisotopic (exact) mass is 333 g/mol. The van der Waals surface area contributed by atoms with Gasteiger partial charge in [-0.25, -0.2) is 0 Å². The smallest absolute Gasteiger partial charge is 0.308 e. The van der Waals surface area contributed by atoms with Crippen molar-refractivity contribution in [2.24, 2.45) is 5.92 Å². The number of carboxylic acid groups (broad SMARTS) is 1. The Labute approximate surface area is 138 Å². The van der Waals surface area contributed by atoms with Crippen LogP contribution in [0.3, 0.4) is 0 Å². The fourth-order valence-corrected chi connectivity index (χ4v) is 2.96. The van der Waals surface area contributed by atoms with Crippen molar-refractivity contribution < 1.29 is 19.4 Å². The van der Waals surface area contributed by atoms with Crippen LogP contribution in [0, 0.1) is 5.92 Å². The van der Waals surface area contributed by atoms with Gasteiger partial charge in [-0.15, -0.1) is 11.3 Å². The van der Waals surface area contributed by atoms with Crippen molar-refractivity contribution in [3.05, 3.63) is 52.2 Å². The molecule has 6 heteroatoms. The molecular weight excluding hydrogens is 314 g/mol. The van der Waals surface area contributed by atoms with E-state index in [0.29, 0.717) is 12.2 Å². The Morgan fingerprint density at radius 3 is 2.70 bits per heavy atom. The minimum atomic E-state index is -0.938. The van der Waals surface area contributed by atoms with Crippen molar-refractivity contribution in [2.75, 3.05) is 13.7 Å². The SMILES string of the molecule is COc1ccccc1CC(CNC(=O)Cc1cccs1)C(=O)O. The van der Waals surface area contributed by atoms with Gasteiger partial charge in [-0.05, 0) is 29.5 Å². The Morgan fingerprint density at radius 1 is 1.26 bits per heavy atom. The molecule has 1 aromatic heterocycles. The lowest BCUT2D eigenvalue weighted by molar-refractivity contribution is -0.141. The zero-order valence-electron chi connectivity index (χ0n) is 12.8. The molecule has 122 valence electrons. The number of nitrogens with one attached hydrogen (secondary N) is 1. The quantitative estimate of drug-likeness (QED) is 0.777. The summed E-state index contributed by atoms with van der Waals surface area (Å²) in [6.07, 6.45) is 0.581. The second-order valence-corrected chi connectivity index (χ2v) is 6.14. The number of ether oxygens (including phenoxy) is 1. The standard InChI is InChI=1S/C17H19NO4S/c1-22-15-7-3-2-5-12(15)9-13(17(20)21)11-18-16(19)10-14-6-4-8-23-14/h2-8,13H,9-11H2,1H3,(H,18,19)(H,20,21). The molecule has 23 heavy (non-hydrogen) atoms. The van der Waals surface area contributed by atoms with Crippen LogP contribution < -0.4 is 10.1 Å². The van der Waals surface area contributed by atoms with Crippen LogP contribution in [-0.4, -0.2) is 30.6 Å². The minimum absolute atomic E-state index is 0.0948. The molecule has 5 nitrogen and oxygen atoms in total. The number of rotatable bonds is 8. The predicted molar refractivity (Wildman–Crippen MR) is 88.9 cm³/mol. The van der Waals surface area contributed by atoms with Gasteiger partial charge in [0, 0.05) is 11.4 Å². The molecule has 0 spiro atoms. The number of carbonyl (C=O) groups excluding carboxylic acids is 1. The van der Waals surface area contributed by atoms with Crippen molar-refractivity contribution in [1.82, 2.24) is 5.32 Å². The number of methoxy groups -OCH3 is 1. The maximum atomic E-state index is 11.9. The number of aliphatic carboxylic acids is 1. The Balaban J connectivity index is 1.93. The molecule has 1 unspecified atom stereocenters. The van der Waals surface area contributed by atoms with E-state index in [1.807, 2.05) is 35.7 Å². The van der Waals surface area contributed by atoms with E-state index in [4.69, 9.17) is 4.74 Å². The number of thiophene rings is 1. The molecule has 1 aromatic carbocycles. The molecule has 0 fully saturated rings. The molecule has 0 aliphatic heterocycles. The maximum absolute atomic E-state index is 11.9. The highest BCUT2D eigenvalue weighted by Gasteiger charge is 2.20. The van der Waals surface area contributed by atoms with Gasteiger partial charge in [0.2, 0.25) is 5.91 Å².